The Hall–Kier alpha value is -3.30. The summed E-state index contributed by atoms with van der Waals surface area (Å²) in [5.74, 6) is -0.769. The average Bonchev–Trinajstić information content (AvgIpc) is 3.01. The van der Waals surface area contributed by atoms with Crippen molar-refractivity contribution in [3.63, 3.8) is 0 Å². The lowest BCUT2D eigenvalue weighted by atomic mass is 9.92. The molecule has 2 aromatic rings. The number of benzene rings is 2. The Morgan fingerprint density at radius 2 is 1.35 bits per heavy atom. The van der Waals surface area contributed by atoms with Crippen LogP contribution in [0.4, 0.5) is 32.0 Å². The van der Waals surface area contributed by atoms with Crippen molar-refractivity contribution in [3.8, 4) is 11.5 Å². The van der Waals surface area contributed by atoms with Crippen LogP contribution in [-0.4, -0.2) is 24.4 Å². The third kappa shape index (κ3) is 3.89. The van der Waals surface area contributed by atoms with E-state index in [4.69, 9.17) is 4.74 Å². The molecule has 2 aromatic carbocycles. The minimum atomic E-state index is -5.81. The molecule has 10 heteroatoms. The summed E-state index contributed by atoms with van der Waals surface area (Å²) in [6, 6.07) is 7.01. The van der Waals surface area contributed by atoms with Crippen LogP contribution in [-0.2, 0) is 15.3 Å². The third-order valence-corrected chi connectivity index (χ3v) is 4.72. The predicted octanol–water partition coefficient (Wildman–Crippen LogP) is 5.52. The van der Waals surface area contributed by atoms with E-state index in [0.717, 1.165) is 17.1 Å². The van der Waals surface area contributed by atoms with E-state index in [1.807, 2.05) is 0 Å². The number of amides is 2. The summed E-state index contributed by atoms with van der Waals surface area (Å²) < 4.78 is 85.1. The smallest absolute Gasteiger partial charge is 0.432 e. The number of nitrogens with zero attached hydrogens (tertiary/aromatic N) is 1. The lowest BCUT2D eigenvalue weighted by molar-refractivity contribution is -0.274. The van der Waals surface area contributed by atoms with Crippen molar-refractivity contribution >= 4 is 17.5 Å². The van der Waals surface area contributed by atoms with E-state index in [2.05, 4.69) is 0 Å². The van der Waals surface area contributed by atoms with Crippen LogP contribution in [0.5, 0.6) is 11.5 Å². The molecular weight excluding hydrogens is 428 g/mol. The van der Waals surface area contributed by atoms with Gasteiger partial charge in [-0.15, -0.1) is 0 Å². The lowest BCUT2D eigenvalue weighted by Gasteiger charge is -2.28. The Labute approximate surface area is 172 Å². The summed E-state index contributed by atoms with van der Waals surface area (Å²) in [7, 11) is 0. The Kier molecular flexibility index (Phi) is 5.60. The topological polar surface area (TPSA) is 46.6 Å². The maximum absolute atomic E-state index is 14.3. The zero-order chi connectivity index (χ0) is 23.1. The largest absolute Gasteiger partial charge is 0.457 e. The van der Waals surface area contributed by atoms with Gasteiger partial charge in [-0.25, -0.2) is 18.1 Å². The van der Waals surface area contributed by atoms with E-state index >= 15 is 0 Å². The summed E-state index contributed by atoms with van der Waals surface area (Å²) in [6.45, 7) is 2.60. The maximum atomic E-state index is 14.3. The molecule has 0 aliphatic carbocycles. The van der Waals surface area contributed by atoms with Crippen LogP contribution in [0.1, 0.15) is 16.7 Å². The van der Waals surface area contributed by atoms with Crippen LogP contribution in [0.2, 0.25) is 0 Å². The number of imide groups is 1. The van der Waals surface area contributed by atoms with Crippen molar-refractivity contribution in [2.24, 2.45) is 0 Å². The first-order chi connectivity index (χ1) is 14.4. The molecule has 1 atom stereocenters. The number of aryl methyl sites for hydroxylation is 2. The molecule has 4 nitrogen and oxygen atoms in total. The summed E-state index contributed by atoms with van der Waals surface area (Å²) in [5.41, 5.74) is -5.72. The van der Waals surface area contributed by atoms with Gasteiger partial charge < -0.3 is 4.74 Å². The molecule has 1 aliphatic rings. The van der Waals surface area contributed by atoms with Crippen LogP contribution < -0.4 is 9.64 Å². The first-order valence-electron chi connectivity index (χ1n) is 8.86. The van der Waals surface area contributed by atoms with Crippen molar-refractivity contribution in [2.75, 3.05) is 4.90 Å². The van der Waals surface area contributed by atoms with E-state index in [1.54, 1.807) is 0 Å². The van der Waals surface area contributed by atoms with E-state index in [9.17, 15) is 35.9 Å². The SMILES string of the molecule is Cc1cc(C(F)(C(F)F)C(F)(F)F)cc(C)c1Oc1ccc(N2C(=O)C=CC2=O)cc1. The van der Waals surface area contributed by atoms with Gasteiger partial charge in [0, 0.05) is 17.7 Å². The van der Waals surface area contributed by atoms with Gasteiger partial charge in [-0.1, -0.05) is 0 Å². The van der Waals surface area contributed by atoms with Crippen molar-refractivity contribution in [1.29, 1.82) is 0 Å². The predicted molar refractivity (Wildman–Crippen MR) is 98.9 cm³/mol. The fraction of sp³-hybridized carbons (Fsp3) is 0.238. The quantitative estimate of drug-likeness (QED) is 0.452. The minimum Gasteiger partial charge on any atom is -0.457 e. The maximum Gasteiger partial charge on any atom is 0.432 e. The standard InChI is InChI=1S/C21H15F6NO3/c1-11-9-13(20(24,19(22)23)21(25,26)27)10-12(2)18(11)31-15-5-3-14(4-6-15)28-16(29)7-8-17(28)30/h3-10,19H,1-2H3. The van der Waals surface area contributed by atoms with Gasteiger partial charge in [-0.2, -0.15) is 13.2 Å². The van der Waals surface area contributed by atoms with Crippen molar-refractivity contribution in [3.05, 3.63) is 65.2 Å². The molecule has 3 rings (SSSR count). The number of carbonyl (C=O) groups is 2. The fourth-order valence-electron chi connectivity index (χ4n) is 3.17. The number of rotatable bonds is 5. The first kappa shape index (κ1) is 22.4. The van der Waals surface area contributed by atoms with Crippen molar-refractivity contribution < 1.29 is 40.7 Å². The van der Waals surface area contributed by atoms with Crippen LogP contribution >= 0.6 is 0 Å². The molecule has 0 fully saturated rings. The van der Waals surface area contributed by atoms with Gasteiger partial charge in [0.05, 0.1) is 5.69 Å². The number of carbonyl (C=O) groups excluding carboxylic acids is 2. The molecule has 164 valence electrons. The number of ether oxygens (including phenoxy) is 1. The molecule has 0 bridgehead atoms. The molecule has 0 aromatic heterocycles. The summed E-state index contributed by atoms with van der Waals surface area (Å²) in [6.07, 6.45) is -7.88. The van der Waals surface area contributed by atoms with Crippen LogP contribution in [0.15, 0.2) is 48.6 Å². The van der Waals surface area contributed by atoms with Gasteiger partial charge in [-0.3, -0.25) is 9.59 Å². The highest BCUT2D eigenvalue weighted by atomic mass is 19.4. The number of hydrogen-bond donors (Lipinski definition) is 0. The lowest BCUT2D eigenvalue weighted by Crippen LogP contribution is -2.44. The van der Waals surface area contributed by atoms with Gasteiger partial charge in [-0.05, 0) is 61.4 Å². The molecule has 0 N–H and O–H groups in total. The van der Waals surface area contributed by atoms with E-state index in [1.165, 1.54) is 38.1 Å². The van der Waals surface area contributed by atoms with Gasteiger partial charge in [0.1, 0.15) is 11.5 Å². The van der Waals surface area contributed by atoms with Gasteiger partial charge in [0.25, 0.3) is 23.9 Å². The number of anilines is 1. The molecule has 31 heavy (non-hydrogen) atoms. The molecule has 0 saturated heterocycles. The highest BCUT2D eigenvalue weighted by Crippen LogP contribution is 2.48. The van der Waals surface area contributed by atoms with Gasteiger partial charge in [0.15, 0.2) is 0 Å². The summed E-state index contributed by atoms with van der Waals surface area (Å²) >= 11 is 0. The van der Waals surface area contributed by atoms with E-state index in [-0.39, 0.29) is 28.3 Å². The molecule has 1 heterocycles. The molecule has 1 aliphatic heterocycles. The second kappa shape index (κ2) is 7.75. The van der Waals surface area contributed by atoms with Crippen LogP contribution in [0.3, 0.4) is 0 Å². The normalized spacial score (nSPS) is 16.2. The molecule has 0 spiro atoms. The van der Waals surface area contributed by atoms with Crippen molar-refractivity contribution in [2.45, 2.75) is 32.1 Å². The summed E-state index contributed by atoms with van der Waals surface area (Å²) in [5, 5.41) is 0. The Bertz CT molecular complexity index is 1020. The zero-order valence-corrected chi connectivity index (χ0v) is 16.1. The zero-order valence-electron chi connectivity index (χ0n) is 16.1. The second-order valence-electron chi connectivity index (χ2n) is 6.89. The van der Waals surface area contributed by atoms with Crippen molar-refractivity contribution in [1.82, 2.24) is 0 Å². The highest BCUT2D eigenvalue weighted by Gasteiger charge is 2.64. The molecule has 0 saturated carbocycles. The van der Waals surface area contributed by atoms with Crippen LogP contribution in [0.25, 0.3) is 0 Å². The van der Waals surface area contributed by atoms with Gasteiger partial charge >= 0.3 is 6.18 Å². The molecular formula is C21H15F6NO3. The molecule has 0 radical (unpaired) electrons. The minimum absolute atomic E-state index is 0.0140. The number of hydrogen-bond acceptors (Lipinski definition) is 3. The Morgan fingerprint density at radius 3 is 1.77 bits per heavy atom. The van der Waals surface area contributed by atoms with Crippen LogP contribution in [0, 0.1) is 13.8 Å². The highest BCUT2D eigenvalue weighted by molar-refractivity contribution is 6.28. The Balaban J connectivity index is 1.90. The monoisotopic (exact) mass is 443 g/mol. The summed E-state index contributed by atoms with van der Waals surface area (Å²) in [4.78, 5) is 24.3. The second-order valence-corrected chi connectivity index (χ2v) is 6.89. The van der Waals surface area contributed by atoms with E-state index < -0.39 is 35.6 Å². The average molecular weight is 443 g/mol. The number of alkyl halides is 6. The third-order valence-electron chi connectivity index (χ3n) is 4.72. The first-order valence-corrected chi connectivity index (χ1v) is 8.86. The van der Waals surface area contributed by atoms with Gasteiger partial charge in [0.2, 0.25) is 0 Å². The molecule has 1 unspecified atom stereocenters. The van der Waals surface area contributed by atoms with E-state index in [0.29, 0.717) is 12.1 Å². The fourth-order valence-corrected chi connectivity index (χ4v) is 3.17. The molecule has 2 amide bonds. The number of halogens is 6. The Morgan fingerprint density at radius 1 is 0.871 bits per heavy atom.